The summed E-state index contributed by atoms with van der Waals surface area (Å²) >= 11 is 1.56. The maximum Gasteiger partial charge on any atom is 0.234 e. The highest BCUT2D eigenvalue weighted by Gasteiger charge is 2.11. The van der Waals surface area contributed by atoms with Gasteiger partial charge >= 0.3 is 0 Å². The average Bonchev–Trinajstić information content (AvgIpc) is 2.28. The molecule has 1 rings (SSSR count). The second-order valence-corrected chi connectivity index (χ2v) is 6.07. The van der Waals surface area contributed by atoms with Crippen molar-refractivity contribution in [3.8, 4) is 0 Å². The van der Waals surface area contributed by atoms with Crippen LogP contribution in [0.4, 0.5) is 5.69 Å². The van der Waals surface area contributed by atoms with E-state index >= 15 is 0 Å². The fraction of sp³-hybridized carbons (Fsp3) is 0.500. The number of rotatable bonds is 6. The minimum atomic E-state index is -0.228. The summed E-state index contributed by atoms with van der Waals surface area (Å²) in [5, 5.41) is 2.88. The van der Waals surface area contributed by atoms with Gasteiger partial charge in [0.05, 0.1) is 5.75 Å². The van der Waals surface area contributed by atoms with Crippen molar-refractivity contribution in [1.29, 1.82) is 0 Å². The zero-order valence-electron chi connectivity index (χ0n) is 11.3. The van der Waals surface area contributed by atoms with Gasteiger partial charge in [0.15, 0.2) is 0 Å². The lowest BCUT2D eigenvalue weighted by molar-refractivity contribution is -0.113. The van der Waals surface area contributed by atoms with Gasteiger partial charge in [0, 0.05) is 17.0 Å². The maximum absolute atomic E-state index is 11.7. The van der Waals surface area contributed by atoms with Gasteiger partial charge in [-0.1, -0.05) is 19.1 Å². The van der Waals surface area contributed by atoms with Gasteiger partial charge in [-0.25, -0.2) is 0 Å². The molecule has 0 bridgehead atoms. The van der Waals surface area contributed by atoms with Gasteiger partial charge in [-0.3, -0.25) is 4.79 Å². The third-order valence-corrected chi connectivity index (χ3v) is 3.77. The van der Waals surface area contributed by atoms with Gasteiger partial charge in [-0.05, 0) is 38.0 Å². The van der Waals surface area contributed by atoms with Gasteiger partial charge in [0.25, 0.3) is 0 Å². The fourth-order valence-corrected chi connectivity index (χ4v) is 2.31. The molecule has 0 spiro atoms. The van der Waals surface area contributed by atoms with Crippen molar-refractivity contribution in [2.24, 2.45) is 5.73 Å². The summed E-state index contributed by atoms with van der Waals surface area (Å²) in [5.74, 6) is 1.24. The third kappa shape index (κ3) is 6.07. The first-order valence-electron chi connectivity index (χ1n) is 6.16. The first-order valence-corrected chi connectivity index (χ1v) is 7.31. The number of carbonyl (C=O) groups excluding carboxylic acids is 1. The minimum absolute atomic E-state index is 0.0218. The Balaban J connectivity index is 2.35. The van der Waals surface area contributed by atoms with Crippen molar-refractivity contribution in [3.05, 3.63) is 29.8 Å². The van der Waals surface area contributed by atoms with Crippen LogP contribution in [0.15, 0.2) is 24.3 Å². The number of anilines is 1. The Morgan fingerprint density at radius 1 is 1.33 bits per heavy atom. The van der Waals surface area contributed by atoms with Crippen LogP contribution in [-0.2, 0) is 11.2 Å². The number of benzene rings is 1. The third-order valence-electron chi connectivity index (χ3n) is 2.35. The molecule has 1 aromatic rings. The lowest BCUT2D eigenvalue weighted by Crippen LogP contribution is -2.35. The molecule has 4 heteroatoms. The highest BCUT2D eigenvalue weighted by Crippen LogP contribution is 2.12. The zero-order valence-corrected chi connectivity index (χ0v) is 12.1. The van der Waals surface area contributed by atoms with Crippen molar-refractivity contribution >= 4 is 23.4 Å². The molecular formula is C14H22N2OS. The van der Waals surface area contributed by atoms with Gasteiger partial charge in [0.2, 0.25) is 5.91 Å². The van der Waals surface area contributed by atoms with Crippen molar-refractivity contribution in [2.75, 3.05) is 16.8 Å². The van der Waals surface area contributed by atoms with Crippen molar-refractivity contribution in [1.82, 2.24) is 0 Å². The molecule has 0 aliphatic heterocycles. The van der Waals surface area contributed by atoms with E-state index in [0.29, 0.717) is 5.75 Å². The molecular weight excluding hydrogens is 244 g/mol. The summed E-state index contributed by atoms with van der Waals surface area (Å²) in [4.78, 5) is 11.7. The molecule has 1 amide bonds. The Bertz CT molecular complexity index is 382. The summed E-state index contributed by atoms with van der Waals surface area (Å²) in [5.41, 5.74) is 7.75. The monoisotopic (exact) mass is 266 g/mol. The molecule has 0 saturated heterocycles. The van der Waals surface area contributed by atoms with E-state index in [0.717, 1.165) is 17.9 Å². The molecule has 18 heavy (non-hydrogen) atoms. The van der Waals surface area contributed by atoms with E-state index in [9.17, 15) is 4.79 Å². The molecule has 100 valence electrons. The van der Waals surface area contributed by atoms with Crippen LogP contribution in [0.25, 0.3) is 0 Å². The number of hydrogen-bond acceptors (Lipinski definition) is 3. The van der Waals surface area contributed by atoms with Crippen molar-refractivity contribution in [2.45, 2.75) is 32.7 Å². The second-order valence-electron chi connectivity index (χ2n) is 5.08. The first-order chi connectivity index (χ1) is 8.40. The normalized spacial score (nSPS) is 11.3. The molecule has 0 aliphatic rings. The van der Waals surface area contributed by atoms with Crippen LogP contribution in [-0.4, -0.2) is 23.0 Å². The Hall–Kier alpha value is -1.00. The topological polar surface area (TPSA) is 55.1 Å². The van der Waals surface area contributed by atoms with Crippen LogP contribution in [0.2, 0.25) is 0 Å². The van der Waals surface area contributed by atoms with Gasteiger partial charge < -0.3 is 11.1 Å². The molecule has 3 N–H and O–H groups in total. The van der Waals surface area contributed by atoms with Crippen LogP contribution in [0.1, 0.15) is 26.3 Å². The summed E-state index contributed by atoms with van der Waals surface area (Å²) in [6, 6.07) is 7.94. The minimum Gasteiger partial charge on any atom is -0.325 e. The highest BCUT2D eigenvalue weighted by molar-refractivity contribution is 8.00. The summed E-state index contributed by atoms with van der Waals surface area (Å²) in [6.07, 6.45) is 1.01. The molecule has 0 saturated carbocycles. The molecule has 0 radical (unpaired) electrons. The predicted octanol–water partition coefficient (Wildman–Crippen LogP) is 2.66. The van der Waals surface area contributed by atoms with E-state index in [2.05, 4.69) is 12.2 Å². The summed E-state index contributed by atoms with van der Waals surface area (Å²) in [7, 11) is 0. The Labute approximate surface area is 114 Å². The molecule has 0 aliphatic carbocycles. The smallest absolute Gasteiger partial charge is 0.234 e. The average molecular weight is 266 g/mol. The molecule has 0 atom stereocenters. The molecule has 1 aromatic carbocycles. The predicted molar refractivity (Wildman–Crippen MR) is 80.0 cm³/mol. The number of amides is 1. The van der Waals surface area contributed by atoms with Crippen LogP contribution in [0, 0.1) is 0 Å². The lowest BCUT2D eigenvalue weighted by atomic mass is 10.1. The van der Waals surface area contributed by atoms with Crippen molar-refractivity contribution < 1.29 is 4.79 Å². The van der Waals surface area contributed by atoms with Crippen LogP contribution < -0.4 is 11.1 Å². The van der Waals surface area contributed by atoms with Crippen molar-refractivity contribution in [3.63, 3.8) is 0 Å². The Morgan fingerprint density at radius 3 is 2.44 bits per heavy atom. The summed E-state index contributed by atoms with van der Waals surface area (Å²) in [6.45, 7) is 6.03. The van der Waals surface area contributed by atoms with E-state index in [-0.39, 0.29) is 11.4 Å². The number of nitrogens with one attached hydrogen (secondary N) is 1. The number of thioether (sulfide) groups is 1. The molecule has 3 nitrogen and oxygen atoms in total. The zero-order chi connectivity index (χ0) is 13.6. The molecule has 0 aromatic heterocycles. The quantitative estimate of drug-likeness (QED) is 0.832. The van der Waals surface area contributed by atoms with E-state index in [1.165, 1.54) is 5.56 Å². The Morgan fingerprint density at radius 2 is 1.94 bits per heavy atom. The number of hydrogen-bond donors (Lipinski definition) is 2. The number of nitrogens with two attached hydrogens (primary N) is 1. The van der Waals surface area contributed by atoms with Gasteiger partial charge in [-0.15, -0.1) is 0 Å². The van der Waals surface area contributed by atoms with Crippen LogP contribution >= 0.6 is 11.8 Å². The first kappa shape index (κ1) is 15.1. The second kappa shape index (κ2) is 6.81. The Kier molecular flexibility index (Phi) is 5.69. The van der Waals surface area contributed by atoms with Gasteiger partial charge in [0.1, 0.15) is 0 Å². The largest absolute Gasteiger partial charge is 0.325 e. The van der Waals surface area contributed by atoms with Gasteiger partial charge in [-0.2, -0.15) is 11.8 Å². The summed E-state index contributed by atoms with van der Waals surface area (Å²) < 4.78 is 0. The van der Waals surface area contributed by atoms with E-state index in [4.69, 9.17) is 5.73 Å². The molecule has 0 fully saturated rings. The van der Waals surface area contributed by atoms with E-state index in [1.807, 2.05) is 38.1 Å². The SMILES string of the molecule is CCc1ccc(NC(=O)CSCC(C)(C)N)cc1. The van der Waals surface area contributed by atoms with E-state index < -0.39 is 0 Å². The lowest BCUT2D eigenvalue weighted by Gasteiger charge is -2.17. The highest BCUT2D eigenvalue weighted by atomic mass is 32.2. The maximum atomic E-state index is 11.7. The fourth-order valence-electron chi connectivity index (χ4n) is 1.43. The van der Waals surface area contributed by atoms with E-state index in [1.54, 1.807) is 11.8 Å². The van der Waals surface area contributed by atoms with Crippen LogP contribution in [0.3, 0.4) is 0 Å². The molecule has 0 unspecified atom stereocenters. The van der Waals surface area contributed by atoms with Crippen LogP contribution in [0.5, 0.6) is 0 Å². The standard InChI is InChI=1S/C14H22N2OS/c1-4-11-5-7-12(8-6-11)16-13(17)9-18-10-14(2,3)15/h5-8H,4,9-10,15H2,1-3H3,(H,16,17). The number of aryl methyl sites for hydroxylation is 1. The molecule has 0 heterocycles. The number of carbonyl (C=O) groups is 1.